The molecule has 4 aliphatic rings. The lowest BCUT2D eigenvalue weighted by Crippen LogP contribution is -2.51. The average molecular weight is 937 g/mol. The summed E-state index contributed by atoms with van der Waals surface area (Å²) in [5.41, 5.74) is 2.44. The zero-order valence-electron chi connectivity index (χ0n) is 46.2. The summed E-state index contributed by atoms with van der Waals surface area (Å²) in [6.45, 7) is 25.5. The highest BCUT2D eigenvalue weighted by Gasteiger charge is 2.59. The molecule has 67 heavy (non-hydrogen) atoms. The van der Waals surface area contributed by atoms with Crippen molar-refractivity contribution < 1.29 is 19.1 Å². The van der Waals surface area contributed by atoms with E-state index in [4.69, 9.17) is 9.47 Å². The van der Waals surface area contributed by atoms with Crippen molar-refractivity contribution in [2.45, 2.75) is 299 Å². The van der Waals surface area contributed by atoms with E-state index in [1.165, 1.54) is 161 Å². The van der Waals surface area contributed by atoms with E-state index in [2.05, 4.69) is 73.3 Å². The smallest absolute Gasteiger partial charge is 0.306 e. The fraction of sp³-hybridized carbons (Fsp3) is 0.935. The van der Waals surface area contributed by atoms with E-state index in [1.807, 2.05) is 0 Å². The van der Waals surface area contributed by atoms with E-state index in [0.29, 0.717) is 23.7 Å². The fourth-order valence-corrected chi connectivity index (χ4v) is 14.8. The van der Waals surface area contributed by atoms with Gasteiger partial charge in [-0.25, -0.2) is 0 Å². The van der Waals surface area contributed by atoms with Gasteiger partial charge in [0.05, 0.1) is 0 Å². The minimum Gasteiger partial charge on any atom is -0.462 e. The Kier molecular flexibility index (Phi) is 27.7. The molecule has 0 N–H and O–H groups in total. The van der Waals surface area contributed by atoms with E-state index < -0.39 is 0 Å². The molecule has 4 rings (SSSR count). The monoisotopic (exact) mass is 936 g/mol. The third-order valence-electron chi connectivity index (χ3n) is 19.2. The predicted octanol–water partition coefficient (Wildman–Crippen LogP) is 18.2. The molecule has 0 heterocycles. The molecular formula is C62H113NO4. The standard InChI is InChI=1S/C62H113NO4/c1-10-14-17-19-20-25-32-53(31-24-18-15-11-2)66-59(64)33-26-21-22-29-46-63(45-28-16-12-3)47-30-23-27-34-60(65)67-54-41-43-61(8)52(48-54)37-38-55-57-40-39-56(62(57,9)44-42-58(55)61)50(7)35-36-51(13-4)49(5)6/h37,49-51,53-58H,10-36,38-48H2,1-9H3. The van der Waals surface area contributed by atoms with Gasteiger partial charge in [0.15, 0.2) is 0 Å². The Balaban J connectivity index is 1.11. The van der Waals surface area contributed by atoms with Gasteiger partial charge < -0.3 is 14.4 Å². The van der Waals surface area contributed by atoms with Crippen LogP contribution in [0.5, 0.6) is 0 Å². The van der Waals surface area contributed by atoms with Crippen molar-refractivity contribution >= 4 is 11.9 Å². The molecular weight excluding hydrogens is 823 g/mol. The second kappa shape index (κ2) is 31.9. The molecule has 0 aliphatic heterocycles. The first-order valence-corrected chi connectivity index (χ1v) is 30.2. The molecule has 390 valence electrons. The number of carbonyl (C=O) groups is 2. The van der Waals surface area contributed by atoms with Gasteiger partial charge >= 0.3 is 11.9 Å². The van der Waals surface area contributed by atoms with Crippen LogP contribution in [0.2, 0.25) is 0 Å². The number of allylic oxidation sites excluding steroid dienone is 1. The van der Waals surface area contributed by atoms with Crippen LogP contribution < -0.4 is 0 Å². The van der Waals surface area contributed by atoms with Gasteiger partial charge in [-0.3, -0.25) is 9.59 Å². The highest BCUT2D eigenvalue weighted by Crippen LogP contribution is 2.67. The lowest BCUT2D eigenvalue weighted by molar-refractivity contribution is -0.152. The number of unbranched alkanes of at least 4 members (excludes halogenated alkanes) is 15. The summed E-state index contributed by atoms with van der Waals surface area (Å²) in [6.07, 6.45) is 44.5. The lowest BCUT2D eigenvalue weighted by Gasteiger charge is -2.58. The first-order valence-electron chi connectivity index (χ1n) is 30.2. The molecule has 10 atom stereocenters. The minimum absolute atomic E-state index is 0.0317. The first kappa shape index (κ1) is 58.2. The van der Waals surface area contributed by atoms with Crippen LogP contribution in [-0.4, -0.2) is 48.7 Å². The van der Waals surface area contributed by atoms with E-state index in [-0.39, 0.29) is 24.1 Å². The largest absolute Gasteiger partial charge is 0.462 e. The Hall–Kier alpha value is -1.36. The number of fused-ring (bicyclic) bond motifs is 5. The maximum Gasteiger partial charge on any atom is 0.306 e. The van der Waals surface area contributed by atoms with Crippen LogP contribution in [0, 0.1) is 52.3 Å². The number of hydrogen-bond donors (Lipinski definition) is 0. The lowest BCUT2D eigenvalue weighted by atomic mass is 9.47. The van der Waals surface area contributed by atoms with Crippen LogP contribution in [0.25, 0.3) is 0 Å². The second-order valence-corrected chi connectivity index (χ2v) is 24.4. The van der Waals surface area contributed by atoms with E-state index in [1.54, 1.807) is 5.57 Å². The summed E-state index contributed by atoms with van der Waals surface area (Å²) in [4.78, 5) is 28.7. The quantitative estimate of drug-likeness (QED) is 0.0353. The van der Waals surface area contributed by atoms with Crippen molar-refractivity contribution in [1.29, 1.82) is 0 Å². The number of nitrogens with zero attached hydrogens (tertiary/aromatic N) is 1. The third kappa shape index (κ3) is 19.0. The van der Waals surface area contributed by atoms with Gasteiger partial charge in [-0.2, -0.15) is 0 Å². The van der Waals surface area contributed by atoms with Crippen molar-refractivity contribution in [3.63, 3.8) is 0 Å². The summed E-state index contributed by atoms with van der Waals surface area (Å²) in [6, 6.07) is 0. The highest BCUT2D eigenvalue weighted by molar-refractivity contribution is 5.69. The van der Waals surface area contributed by atoms with Gasteiger partial charge in [-0.05, 0) is 181 Å². The molecule has 0 aromatic heterocycles. The summed E-state index contributed by atoms with van der Waals surface area (Å²) in [7, 11) is 0. The predicted molar refractivity (Wildman–Crippen MR) is 286 cm³/mol. The van der Waals surface area contributed by atoms with Gasteiger partial charge in [-0.15, -0.1) is 0 Å². The van der Waals surface area contributed by atoms with Crippen LogP contribution in [0.3, 0.4) is 0 Å². The number of hydrogen-bond acceptors (Lipinski definition) is 5. The summed E-state index contributed by atoms with van der Waals surface area (Å²) in [5.74, 6) is 6.03. The number of carbonyl (C=O) groups excluding carboxylic acids is 2. The van der Waals surface area contributed by atoms with Crippen molar-refractivity contribution in [2.24, 2.45) is 52.3 Å². The zero-order valence-corrected chi connectivity index (χ0v) is 46.2. The van der Waals surface area contributed by atoms with Gasteiger partial charge in [-0.1, -0.05) is 170 Å². The molecule has 0 aromatic carbocycles. The van der Waals surface area contributed by atoms with Crippen molar-refractivity contribution in [1.82, 2.24) is 4.90 Å². The van der Waals surface area contributed by atoms with Crippen molar-refractivity contribution in [3.8, 4) is 0 Å². The van der Waals surface area contributed by atoms with Crippen LogP contribution in [0.15, 0.2) is 11.6 Å². The van der Waals surface area contributed by atoms with E-state index in [0.717, 1.165) is 112 Å². The molecule has 10 unspecified atom stereocenters. The molecule has 5 nitrogen and oxygen atoms in total. The maximum absolute atomic E-state index is 13.2. The van der Waals surface area contributed by atoms with Crippen molar-refractivity contribution in [2.75, 3.05) is 19.6 Å². The fourth-order valence-electron chi connectivity index (χ4n) is 14.8. The van der Waals surface area contributed by atoms with Gasteiger partial charge in [0, 0.05) is 19.3 Å². The van der Waals surface area contributed by atoms with Crippen LogP contribution in [0.1, 0.15) is 287 Å². The van der Waals surface area contributed by atoms with Gasteiger partial charge in [0.2, 0.25) is 0 Å². The molecule has 4 aliphatic carbocycles. The molecule has 3 saturated carbocycles. The molecule has 5 heteroatoms. The zero-order chi connectivity index (χ0) is 48.5. The van der Waals surface area contributed by atoms with Gasteiger partial charge in [0.1, 0.15) is 12.2 Å². The molecule has 0 aromatic rings. The minimum atomic E-state index is 0.0317. The van der Waals surface area contributed by atoms with Gasteiger partial charge in [0.25, 0.3) is 0 Å². The maximum atomic E-state index is 13.2. The summed E-state index contributed by atoms with van der Waals surface area (Å²) >= 11 is 0. The highest BCUT2D eigenvalue weighted by atomic mass is 16.5. The number of ether oxygens (including phenoxy) is 2. The SMILES string of the molecule is CCCCCCCCC(CCCCCC)OC(=O)CCCCCCN(CCCCC)CCCCCC(=O)OC1CCC2(C)C(=CCC3C2CCC2(C)C(C(C)CCC(CC)C(C)C)CCC32)C1. The van der Waals surface area contributed by atoms with E-state index in [9.17, 15) is 9.59 Å². The number of rotatable bonds is 37. The van der Waals surface area contributed by atoms with Crippen LogP contribution in [0.4, 0.5) is 0 Å². The third-order valence-corrected chi connectivity index (χ3v) is 19.2. The summed E-state index contributed by atoms with van der Waals surface area (Å²) < 4.78 is 12.3. The Morgan fingerprint density at radius 1 is 0.627 bits per heavy atom. The Bertz CT molecular complexity index is 1370. The Labute approximate surface area is 417 Å². The molecule has 0 bridgehead atoms. The van der Waals surface area contributed by atoms with E-state index >= 15 is 0 Å². The van der Waals surface area contributed by atoms with Crippen molar-refractivity contribution in [3.05, 3.63) is 11.6 Å². The topological polar surface area (TPSA) is 55.8 Å². The molecule has 0 saturated heterocycles. The molecule has 3 fully saturated rings. The average Bonchev–Trinajstić information content (AvgIpc) is 3.67. The van der Waals surface area contributed by atoms with Crippen LogP contribution in [-0.2, 0) is 19.1 Å². The molecule has 0 spiro atoms. The normalized spacial score (nSPS) is 27.3. The Morgan fingerprint density at radius 3 is 1.85 bits per heavy atom. The first-order chi connectivity index (χ1) is 32.4. The second-order valence-electron chi connectivity index (χ2n) is 24.4. The molecule has 0 amide bonds. The van der Waals surface area contributed by atoms with Crippen LogP contribution >= 0.6 is 0 Å². The Morgan fingerprint density at radius 2 is 1.19 bits per heavy atom. The summed E-state index contributed by atoms with van der Waals surface area (Å²) in [5, 5.41) is 0. The number of esters is 2. The molecule has 0 radical (unpaired) electrons.